The van der Waals surface area contributed by atoms with Crippen LogP contribution in [0.3, 0.4) is 0 Å². The highest BCUT2D eigenvalue weighted by atomic mass is 79.9. The highest BCUT2D eigenvalue weighted by Crippen LogP contribution is 2.31. The molecule has 0 spiro atoms. The average Bonchev–Trinajstić information content (AvgIpc) is 2.73. The molecule has 0 amide bonds. The van der Waals surface area contributed by atoms with Crippen LogP contribution in [0.4, 0.5) is 0 Å². The molecule has 0 aliphatic rings. The Balaban J connectivity index is 0.00000190. The van der Waals surface area contributed by atoms with Crippen molar-refractivity contribution in [3.63, 3.8) is 0 Å². The number of hydrogen-bond acceptors (Lipinski definition) is 4. The number of aryl methyl sites for hydroxylation is 1. The van der Waals surface area contributed by atoms with E-state index in [9.17, 15) is 4.79 Å². The summed E-state index contributed by atoms with van der Waals surface area (Å²) >= 11 is 3.40. The van der Waals surface area contributed by atoms with Crippen LogP contribution in [0.5, 0.6) is 0 Å². The largest absolute Gasteiger partial charge is 0.465 e. The summed E-state index contributed by atoms with van der Waals surface area (Å²) in [6, 6.07) is 9.72. The number of aromatic nitrogens is 1. The van der Waals surface area contributed by atoms with E-state index < -0.39 is 11.6 Å². The fourth-order valence-electron chi connectivity index (χ4n) is 2.65. The summed E-state index contributed by atoms with van der Waals surface area (Å²) < 4.78 is 10.7. The monoisotopic (exact) mass is 447 g/mol. The number of halogens is 1. The smallest absolute Gasteiger partial charge is 0.339 e. The van der Waals surface area contributed by atoms with Gasteiger partial charge in [-0.3, -0.25) is 4.98 Å². The third-order valence-electron chi connectivity index (χ3n) is 4.29. The molecule has 0 aliphatic carbocycles. The highest BCUT2D eigenvalue weighted by molar-refractivity contribution is 9.09. The molecule has 1 heterocycles. The van der Waals surface area contributed by atoms with Gasteiger partial charge in [0.1, 0.15) is 0 Å². The standard InChI is InChI=1S/C21H24BrNO3.C2H6/c1-14-6-8-17(21(3,4)26-11-10-22)12-18(14)15(2)19-9-7-16(13-23-19)20(24)25-5;1-2/h6-9,12-13H,2,10-11H2,1,3-5H3;1-2H3. The molecule has 0 radical (unpaired) electrons. The van der Waals surface area contributed by atoms with E-state index in [2.05, 4.69) is 59.5 Å². The summed E-state index contributed by atoms with van der Waals surface area (Å²) in [5.74, 6) is -0.404. The van der Waals surface area contributed by atoms with Gasteiger partial charge in [0.25, 0.3) is 0 Å². The number of ether oxygens (including phenoxy) is 2. The van der Waals surface area contributed by atoms with Crippen molar-refractivity contribution in [3.05, 3.63) is 71.1 Å². The Hall–Kier alpha value is -1.98. The summed E-state index contributed by atoms with van der Waals surface area (Å²) in [6.07, 6.45) is 1.51. The van der Waals surface area contributed by atoms with Crippen LogP contribution in [-0.4, -0.2) is 30.0 Å². The molecule has 0 N–H and O–H groups in total. The Bertz CT molecular complexity index is 798. The first-order valence-corrected chi connectivity index (χ1v) is 10.5. The van der Waals surface area contributed by atoms with E-state index in [0.29, 0.717) is 12.2 Å². The summed E-state index contributed by atoms with van der Waals surface area (Å²) in [6.45, 7) is 15.0. The predicted molar refractivity (Wildman–Crippen MR) is 119 cm³/mol. The summed E-state index contributed by atoms with van der Waals surface area (Å²) in [4.78, 5) is 15.9. The third kappa shape index (κ3) is 6.01. The normalized spacial score (nSPS) is 10.7. The van der Waals surface area contributed by atoms with Gasteiger partial charge in [-0.2, -0.15) is 0 Å². The molecule has 1 aromatic heterocycles. The molecule has 2 rings (SSSR count). The van der Waals surface area contributed by atoms with Crippen molar-refractivity contribution in [2.45, 2.75) is 40.2 Å². The molecule has 0 saturated heterocycles. The van der Waals surface area contributed by atoms with Crippen molar-refractivity contribution < 1.29 is 14.3 Å². The molecular weight excluding hydrogens is 418 g/mol. The highest BCUT2D eigenvalue weighted by Gasteiger charge is 2.22. The lowest BCUT2D eigenvalue weighted by Crippen LogP contribution is -2.23. The molecule has 28 heavy (non-hydrogen) atoms. The quantitative estimate of drug-likeness (QED) is 0.390. The van der Waals surface area contributed by atoms with E-state index >= 15 is 0 Å². The first kappa shape index (κ1) is 24.1. The molecule has 2 aromatic rings. The lowest BCUT2D eigenvalue weighted by atomic mass is 9.90. The molecule has 0 unspecified atom stereocenters. The van der Waals surface area contributed by atoms with Gasteiger partial charge in [-0.25, -0.2) is 4.79 Å². The predicted octanol–water partition coefficient (Wildman–Crippen LogP) is 5.91. The molecule has 0 bridgehead atoms. The number of carbonyl (C=O) groups is 1. The summed E-state index contributed by atoms with van der Waals surface area (Å²) in [5, 5.41) is 0.790. The van der Waals surface area contributed by atoms with Crippen molar-refractivity contribution in [3.8, 4) is 0 Å². The fourth-order valence-corrected chi connectivity index (χ4v) is 2.81. The zero-order chi connectivity index (χ0) is 21.3. The van der Waals surface area contributed by atoms with Crippen molar-refractivity contribution >= 4 is 27.5 Å². The zero-order valence-electron chi connectivity index (χ0n) is 17.6. The Morgan fingerprint density at radius 1 is 1.21 bits per heavy atom. The molecule has 5 heteroatoms. The van der Waals surface area contributed by atoms with Crippen molar-refractivity contribution in [1.82, 2.24) is 4.98 Å². The van der Waals surface area contributed by atoms with Gasteiger partial charge in [-0.05, 0) is 55.7 Å². The van der Waals surface area contributed by atoms with Gasteiger partial charge in [0.15, 0.2) is 0 Å². The van der Waals surface area contributed by atoms with Crippen molar-refractivity contribution in [2.24, 2.45) is 0 Å². The number of esters is 1. The molecule has 0 fully saturated rings. The minimum Gasteiger partial charge on any atom is -0.465 e. The molecule has 0 atom stereocenters. The Labute approximate surface area is 177 Å². The van der Waals surface area contributed by atoms with Crippen LogP contribution in [0.15, 0.2) is 43.1 Å². The minimum absolute atomic E-state index is 0.404. The molecule has 152 valence electrons. The number of carbonyl (C=O) groups excluding carboxylic acids is 1. The molecule has 0 aliphatic heterocycles. The first-order chi connectivity index (χ1) is 13.3. The molecular formula is C23H30BrNO3. The second-order valence-electron chi connectivity index (χ2n) is 6.48. The summed E-state index contributed by atoms with van der Waals surface area (Å²) in [5.41, 5.74) is 4.73. The number of nitrogens with zero attached hydrogens (tertiary/aromatic N) is 1. The minimum atomic E-state index is -0.404. The van der Waals surface area contributed by atoms with Gasteiger partial charge in [0.2, 0.25) is 0 Å². The molecule has 4 nitrogen and oxygen atoms in total. The Morgan fingerprint density at radius 3 is 2.43 bits per heavy atom. The van der Waals surface area contributed by atoms with E-state index in [1.54, 1.807) is 12.1 Å². The third-order valence-corrected chi connectivity index (χ3v) is 4.62. The Kier molecular flexibility index (Phi) is 9.56. The molecule has 0 saturated carbocycles. The van der Waals surface area contributed by atoms with E-state index in [4.69, 9.17) is 9.47 Å². The van der Waals surface area contributed by atoms with Gasteiger partial charge in [-0.1, -0.05) is 48.5 Å². The van der Waals surface area contributed by atoms with Crippen LogP contribution in [0.1, 0.15) is 60.4 Å². The average molecular weight is 448 g/mol. The topological polar surface area (TPSA) is 48.4 Å². The van der Waals surface area contributed by atoms with Gasteiger partial charge in [0.05, 0.1) is 30.6 Å². The number of benzene rings is 1. The Morgan fingerprint density at radius 2 is 1.89 bits per heavy atom. The second kappa shape index (κ2) is 11.1. The van der Waals surface area contributed by atoms with E-state index in [1.165, 1.54) is 13.3 Å². The zero-order valence-corrected chi connectivity index (χ0v) is 19.2. The number of pyridine rings is 1. The lowest BCUT2D eigenvalue weighted by molar-refractivity contribution is -0.0121. The van der Waals surface area contributed by atoms with Gasteiger partial charge >= 0.3 is 5.97 Å². The van der Waals surface area contributed by atoms with Crippen LogP contribution in [0.2, 0.25) is 0 Å². The fraction of sp³-hybridized carbons (Fsp3) is 0.391. The van der Waals surface area contributed by atoms with E-state index in [0.717, 1.165) is 33.3 Å². The lowest BCUT2D eigenvalue weighted by Gasteiger charge is -2.27. The van der Waals surface area contributed by atoms with Gasteiger partial charge < -0.3 is 9.47 Å². The SMILES string of the molecule is C=C(c1ccc(C(=O)OC)cn1)c1cc(C(C)(C)OCCBr)ccc1C.CC. The van der Waals surface area contributed by atoms with Crippen LogP contribution < -0.4 is 0 Å². The number of hydrogen-bond donors (Lipinski definition) is 0. The number of methoxy groups -OCH3 is 1. The summed E-state index contributed by atoms with van der Waals surface area (Å²) in [7, 11) is 1.35. The molecule has 1 aromatic carbocycles. The first-order valence-electron chi connectivity index (χ1n) is 9.35. The maximum atomic E-state index is 11.6. The van der Waals surface area contributed by atoms with Crippen molar-refractivity contribution in [1.29, 1.82) is 0 Å². The number of rotatable bonds is 7. The second-order valence-corrected chi connectivity index (χ2v) is 7.27. The van der Waals surface area contributed by atoms with Gasteiger partial charge in [-0.15, -0.1) is 0 Å². The maximum absolute atomic E-state index is 11.6. The van der Waals surface area contributed by atoms with Crippen LogP contribution >= 0.6 is 15.9 Å². The van der Waals surface area contributed by atoms with E-state index in [1.807, 2.05) is 20.8 Å². The van der Waals surface area contributed by atoms with Gasteiger partial charge in [0, 0.05) is 17.1 Å². The van der Waals surface area contributed by atoms with E-state index in [-0.39, 0.29) is 0 Å². The van der Waals surface area contributed by atoms with Crippen LogP contribution in [-0.2, 0) is 15.1 Å². The number of alkyl halides is 1. The van der Waals surface area contributed by atoms with Crippen LogP contribution in [0.25, 0.3) is 5.57 Å². The van der Waals surface area contributed by atoms with Crippen LogP contribution in [0, 0.1) is 6.92 Å². The van der Waals surface area contributed by atoms with Crippen molar-refractivity contribution in [2.75, 3.05) is 19.0 Å². The maximum Gasteiger partial charge on any atom is 0.339 e.